The van der Waals surface area contributed by atoms with Gasteiger partial charge in [0.05, 0.1) is 12.9 Å². The average molecular weight is 884 g/mol. The van der Waals surface area contributed by atoms with Crippen molar-refractivity contribution < 1.29 is 32.3 Å². The molecule has 0 aliphatic heterocycles. The average Bonchev–Trinajstić information content (AvgIpc) is 3.19. The maximum Gasteiger partial charge on any atom is 0.329 e. The number of thioether (sulfide) groups is 1. The number of hydrogen-bond donors (Lipinski definition) is 5. The Morgan fingerprint density at radius 1 is 0.650 bits per heavy atom. The molecule has 0 aliphatic carbocycles. The molecule has 0 radical (unpaired) electrons. The topological polar surface area (TPSA) is 186 Å². The first-order valence-electron chi connectivity index (χ1n) is 22.8. The molecule has 0 rings (SSSR count). The number of methoxy groups -OCH3 is 1. The third-order valence-corrected chi connectivity index (χ3v) is 12.7. The van der Waals surface area contributed by atoms with Crippen molar-refractivity contribution in [3.63, 3.8) is 0 Å². The number of hydrogen-bond acceptors (Lipinski definition) is 9. The molecule has 0 spiro atoms. The molecule has 0 saturated carbocycles. The number of nitrogens with two attached hydrogens (primary N) is 1. The molecule has 12 nitrogen and oxygen atoms in total. The van der Waals surface area contributed by atoms with E-state index in [0.717, 1.165) is 51.4 Å². The first-order valence-corrected chi connectivity index (χ1v) is 25.6. The van der Waals surface area contributed by atoms with Crippen LogP contribution in [0.25, 0.3) is 0 Å². The normalized spacial score (nSPS) is 13.6. The number of unbranched alkanes of at least 4 members (excludes halogenated alkanes) is 14. The van der Waals surface area contributed by atoms with E-state index in [1.54, 1.807) is 0 Å². The molecule has 348 valence electrons. The Morgan fingerprint density at radius 2 is 1.17 bits per heavy atom. The van der Waals surface area contributed by atoms with E-state index in [1.165, 1.54) is 100 Å². The Bertz CT molecular complexity index is 1400. The van der Waals surface area contributed by atoms with Gasteiger partial charge in [0, 0.05) is 25.0 Å². The molecule has 3 amide bonds. The highest BCUT2D eigenvalue weighted by atomic mass is 32.2. The van der Waals surface area contributed by atoms with Gasteiger partial charge >= 0.3 is 5.97 Å². The lowest BCUT2D eigenvalue weighted by atomic mass is 10.0. The van der Waals surface area contributed by atoms with E-state index in [1.807, 2.05) is 0 Å². The van der Waals surface area contributed by atoms with Crippen LogP contribution in [0, 0.1) is 0 Å². The zero-order valence-electron chi connectivity index (χ0n) is 38.6. The van der Waals surface area contributed by atoms with Crippen LogP contribution >= 0.6 is 11.8 Å². The zero-order chi connectivity index (χ0) is 45.0. The summed E-state index contributed by atoms with van der Waals surface area (Å²) in [4.78, 5) is 51.9. The number of carbonyl (C=O) groups is 4. The number of sulfonamides is 1. The summed E-state index contributed by atoms with van der Waals surface area (Å²) >= 11 is 1.48. The summed E-state index contributed by atoms with van der Waals surface area (Å²) in [6, 6.07) is -3.29. The summed E-state index contributed by atoms with van der Waals surface area (Å²) < 4.78 is 33.2. The molecule has 0 heterocycles. The Balaban J connectivity index is 5.13. The van der Waals surface area contributed by atoms with Crippen molar-refractivity contribution >= 4 is 45.5 Å². The monoisotopic (exact) mass is 884 g/mol. The van der Waals surface area contributed by atoms with Gasteiger partial charge in [0.25, 0.3) is 0 Å². The number of nitrogens with one attached hydrogen (secondary N) is 4. The number of allylic oxidation sites excluding steroid dienone is 5. The Hall–Kier alpha value is -2.68. The van der Waals surface area contributed by atoms with Gasteiger partial charge in [0.1, 0.15) is 18.1 Å². The van der Waals surface area contributed by atoms with E-state index in [-0.39, 0.29) is 24.5 Å². The van der Waals surface area contributed by atoms with Crippen molar-refractivity contribution in [2.24, 2.45) is 5.73 Å². The summed E-state index contributed by atoms with van der Waals surface area (Å²) in [6.07, 6.45) is 28.2. The fourth-order valence-electron chi connectivity index (χ4n) is 6.57. The molecule has 0 aromatic carbocycles. The van der Waals surface area contributed by atoms with Crippen LogP contribution < -0.4 is 26.4 Å². The number of carbonyl (C=O) groups excluding carboxylic acids is 4. The van der Waals surface area contributed by atoms with Crippen LogP contribution in [0.1, 0.15) is 176 Å². The third-order valence-electron chi connectivity index (χ3n) is 10.3. The van der Waals surface area contributed by atoms with Crippen molar-refractivity contribution in [1.82, 2.24) is 20.7 Å². The lowest BCUT2D eigenvalue weighted by Gasteiger charge is -2.25. The first-order chi connectivity index (χ1) is 28.6. The molecule has 0 unspecified atom stereocenters. The van der Waals surface area contributed by atoms with Gasteiger partial charge in [-0.05, 0) is 85.6 Å². The second-order valence-electron chi connectivity index (χ2n) is 16.4. The lowest BCUT2D eigenvalue weighted by Crippen LogP contribution is -2.58. The molecule has 0 fully saturated rings. The molecule has 0 bridgehead atoms. The van der Waals surface area contributed by atoms with Crippen LogP contribution in [0.3, 0.4) is 0 Å². The predicted octanol–water partition coefficient (Wildman–Crippen LogP) is 8.32. The molecule has 0 saturated heterocycles. The predicted molar refractivity (Wildman–Crippen MR) is 251 cm³/mol. The fourth-order valence-corrected chi connectivity index (χ4v) is 8.71. The van der Waals surface area contributed by atoms with E-state index in [9.17, 15) is 27.6 Å². The second-order valence-corrected chi connectivity index (χ2v) is 19.4. The van der Waals surface area contributed by atoms with E-state index in [2.05, 4.69) is 73.5 Å². The quantitative estimate of drug-likeness (QED) is 0.0231. The second kappa shape index (κ2) is 36.9. The van der Waals surface area contributed by atoms with Crippen LogP contribution in [-0.2, 0) is 33.9 Å². The molecule has 0 aromatic rings. The minimum atomic E-state index is -3.72. The SMILES string of the molecule is CCCCCCCCCCCCCCCCS(=O)(=O)NC[C@H](NC(C)=O)C(=O)N[C@@H](CCCCN)C(=O)N[C@@H](CSC/C=C(\C)CC/C=C(\C)CCC=C(C)C)C(=O)OC. The van der Waals surface area contributed by atoms with Crippen molar-refractivity contribution in [1.29, 1.82) is 0 Å². The molecular formula is C46H85N5O7S2. The van der Waals surface area contributed by atoms with E-state index < -0.39 is 51.8 Å². The molecule has 0 aromatic heterocycles. The van der Waals surface area contributed by atoms with Gasteiger partial charge in [-0.1, -0.05) is 125 Å². The molecule has 0 aliphatic rings. The maximum absolute atomic E-state index is 13.6. The van der Waals surface area contributed by atoms with Gasteiger partial charge in [-0.15, -0.1) is 0 Å². The molecule has 60 heavy (non-hydrogen) atoms. The van der Waals surface area contributed by atoms with Gasteiger partial charge in [-0.25, -0.2) is 17.9 Å². The molecular weight excluding hydrogens is 799 g/mol. The lowest BCUT2D eigenvalue weighted by molar-refractivity contribution is -0.144. The molecule has 14 heteroatoms. The highest BCUT2D eigenvalue weighted by molar-refractivity contribution is 7.99. The van der Waals surface area contributed by atoms with Gasteiger partial charge in [0.15, 0.2) is 0 Å². The van der Waals surface area contributed by atoms with Gasteiger partial charge in [-0.3, -0.25) is 14.4 Å². The third kappa shape index (κ3) is 33.0. The Morgan fingerprint density at radius 3 is 1.70 bits per heavy atom. The van der Waals surface area contributed by atoms with Crippen LogP contribution in [0.4, 0.5) is 0 Å². The van der Waals surface area contributed by atoms with Crippen LogP contribution in [0.15, 0.2) is 34.9 Å². The van der Waals surface area contributed by atoms with E-state index in [4.69, 9.17) is 10.5 Å². The number of amides is 3. The highest BCUT2D eigenvalue weighted by Crippen LogP contribution is 2.15. The Labute approximate surface area is 369 Å². The smallest absolute Gasteiger partial charge is 0.329 e. The van der Waals surface area contributed by atoms with Crippen LogP contribution in [0.5, 0.6) is 0 Å². The van der Waals surface area contributed by atoms with Crippen molar-refractivity contribution in [3.05, 3.63) is 34.9 Å². The highest BCUT2D eigenvalue weighted by Gasteiger charge is 2.30. The van der Waals surface area contributed by atoms with Gasteiger partial charge in [-0.2, -0.15) is 11.8 Å². The van der Waals surface area contributed by atoms with Gasteiger partial charge < -0.3 is 26.4 Å². The summed E-state index contributed by atoms with van der Waals surface area (Å²) in [7, 11) is -2.47. The summed E-state index contributed by atoms with van der Waals surface area (Å²) in [5.74, 6) is -1.64. The fraction of sp³-hybridized carbons (Fsp3) is 0.783. The van der Waals surface area contributed by atoms with Crippen LogP contribution in [0.2, 0.25) is 0 Å². The number of esters is 1. The number of ether oxygens (including phenoxy) is 1. The van der Waals surface area contributed by atoms with E-state index in [0.29, 0.717) is 31.6 Å². The maximum atomic E-state index is 13.6. The van der Waals surface area contributed by atoms with Gasteiger partial charge in [0.2, 0.25) is 27.7 Å². The van der Waals surface area contributed by atoms with E-state index >= 15 is 0 Å². The zero-order valence-corrected chi connectivity index (χ0v) is 40.2. The summed E-state index contributed by atoms with van der Waals surface area (Å²) in [5.41, 5.74) is 9.65. The minimum Gasteiger partial charge on any atom is -0.467 e. The van der Waals surface area contributed by atoms with Crippen LogP contribution in [-0.4, -0.2) is 87.7 Å². The van der Waals surface area contributed by atoms with Crippen molar-refractivity contribution in [2.45, 2.75) is 195 Å². The first kappa shape index (κ1) is 57.3. The standard InChI is InChI=1S/C46H85N5O7S2/c1-8-9-10-11-12-13-14-15-16-17-18-19-20-23-34-60(56,57)48-35-42(49-40(6)52)45(54)50-41(30-21-22-32-47)44(53)51-43(46(55)58-7)36-59-33-31-39(5)29-25-28-38(4)27-24-26-37(2)3/h26,28,31,41-43,48H,8-25,27,29-30,32-36,47H2,1-7H3,(H,49,52)(H,50,54)(H,51,53)/b38-28+,39-31+/t41-,42-,43-/m0/s1. The summed E-state index contributed by atoms with van der Waals surface area (Å²) in [5, 5.41) is 7.94. The Kier molecular flexibility index (Phi) is 35.3. The van der Waals surface area contributed by atoms with Crippen molar-refractivity contribution in [2.75, 3.05) is 37.5 Å². The van der Waals surface area contributed by atoms with Crippen molar-refractivity contribution in [3.8, 4) is 0 Å². The molecule has 3 atom stereocenters. The minimum absolute atomic E-state index is 0.0833. The largest absolute Gasteiger partial charge is 0.467 e. The number of rotatable bonds is 38. The summed E-state index contributed by atoms with van der Waals surface area (Å²) in [6.45, 7) is 12.0. The molecule has 6 N–H and O–H groups in total.